The highest BCUT2D eigenvalue weighted by Crippen LogP contribution is 2.67. The van der Waals surface area contributed by atoms with Crippen LogP contribution in [0.4, 0.5) is 13.2 Å². The van der Waals surface area contributed by atoms with Crippen LogP contribution in [0.15, 0.2) is 0 Å². The summed E-state index contributed by atoms with van der Waals surface area (Å²) < 4.78 is 43.1. The van der Waals surface area contributed by atoms with E-state index in [2.05, 4.69) is 0 Å². The summed E-state index contributed by atoms with van der Waals surface area (Å²) in [6, 6.07) is -2.40. The van der Waals surface area contributed by atoms with Crippen LogP contribution in [-0.4, -0.2) is 54.1 Å². The van der Waals surface area contributed by atoms with E-state index in [1.165, 1.54) is 12.0 Å². The first-order chi connectivity index (χ1) is 12.3. The number of esters is 1. The second-order valence-corrected chi connectivity index (χ2v) is 9.05. The van der Waals surface area contributed by atoms with Crippen LogP contribution in [0.1, 0.15) is 46.5 Å². The normalized spacial score (nSPS) is 29.6. The molecule has 1 saturated heterocycles. The van der Waals surface area contributed by atoms with Gasteiger partial charge in [0.05, 0.1) is 7.11 Å². The van der Waals surface area contributed by atoms with Crippen molar-refractivity contribution in [1.29, 1.82) is 0 Å². The lowest BCUT2D eigenvalue weighted by Crippen LogP contribution is -2.62. The molecule has 2 amide bonds. The quantitative estimate of drug-likeness (QED) is 0.748. The Morgan fingerprint density at radius 2 is 1.78 bits per heavy atom. The Balaban J connectivity index is 1.89. The maximum Gasteiger partial charge on any atom is 0.471 e. The highest BCUT2D eigenvalue weighted by atomic mass is 19.4. The lowest BCUT2D eigenvalue weighted by molar-refractivity contribution is -0.176. The number of methoxy groups -OCH3 is 1. The monoisotopic (exact) mass is 390 g/mol. The van der Waals surface area contributed by atoms with Crippen LogP contribution < -0.4 is 5.32 Å². The number of carbonyl (C=O) groups is 3. The predicted octanol–water partition coefficient (Wildman–Crippen LogP) is 2.02. The molecule has 0 radical (unpaired) electrons. The van der Waals surface area contributed by atoms with E-state index in [1.807, 2.05) is 5.32 Å². The molecular weight excluding hydrogens is 365 g/mol. The van der Waals surface area contributed by atoms with Crippen LogP contribution in [0.5, 0.6) is 0 Å². The minimum Gasteiger partial charge on any atom is -0.467 e. The van der Waals surface area contributed by atoms with E-state index < -0.39 is 41.5 Å². The number of likely N-dealkylation sites (tertiary alicyclic amines) is 1. The van der Waals surface area contributed by atoms with Crippen molar-refractivity contribution in [3.63, 3.8) is 0 Å². The highest BCUT2D eigenvalue weighted by Gasteiger charge is 2.67. The van der Waals surface area contributed by atoms with Crippen LogP contribution >= 0.6 is 0 Å². The zero-order valence-electron chi connectivity index (χ0n) is 15.9. The fourth-order valence-electron chi connectivity index (χ4n) is 4.81. The van der Waals surface area contributed by atoms with Crippen molar-refractivity contribution in [3.05, 3.63) is 0 Å². The summed E-state index contributed by atoms with van der Waals surface area (Å²) in [7, 11) is 1.24. The molecule has 1 aliphatic heterocycles. The molecule has 2 aliphatic carbocycles. The summed E-state index contributed by atoms with van der Waals surface area (Å²) in [6.07, 6.45) is -1.70. The van der Waals surface area contributed by atoms with Gasteiger partial charge in [0.1, 0.15) is 12.1 Å². The molecule has 0 aromatic rings. The summed E-state index contributed by atoms with van der Waals surface area (Å²) in [5.74, 6) is -3.39. The molecule has 2 saturated carbocycles. The van der Waals surface area contributed by atoms with Crippen molar-refractivity contribution in [2.24, 2.45) is 16.7 Å². The van der Waals surface area contributed by atoms with E-state index in [4.69, 9.17) is 4.74 Å². The van der Waals surface area contributed by atoms with Gasteiger partial charge in [-0.05, 0) is 42.4 Å². The minimum atomic E-state index is -5.09. The van der Waals surface area contributed by atoms with Crippen LogP contribution in [0.2, 0.25) is 0 Å². The van der Waals surface area contributed by atoms with Gasteiger partial charge in [-0.3, -0.25) is 9.59 Å². The van der Waals surface area contributed by atoms with E-state index in [0.717, 1.165) is 19.3 Å². The molecule has 1 heterocycles. The molecule has 0 unspecified atom stereocenters. The van der Waals surface area contributed by atoms with Crippen LogP contribution in [0.25, 0.3) is 0 Å². The fourth-order valence-corrected chi connectivity index (χ4v) is 4.81. The van der Waals surface area contributed by atoms with Gasteiger partial charge in [-0.25, -0.2) is 4.79 Å². The van der Waals surface area contributed by atoms with Gasteiger partial charge in [-0.15, -0.1) is 0 Å². The summed E-state index contributed by atoms with van der Waals surface area (Å²) in [6.45, 7) is 4.74. The third-order valence-corrected chi connectivity index (χ3v) is 6.26. The van der Waals surface area contributed by atoms with Crippen LogP contribution in [0, 0.1) is 16.7 Å². The molecule has 4 atom stereocenters. The Morgan fingerprint density at radius 3 is 2.22 bits per heavy atom. The summed E-state index contributed by atoms with van der Waals surface area (Å²) in [5.41, 5.74) is -0.898. The van der Waals surface area contributed by atoms with Gasteiger partial charge in [0.2, 0.25) is 5.91 Å². The summed E-state index contributed by atoms with van der Waals surface area (Å²) >= 11 is 0. The molecule has 0 aromatic heterocycles. The maximum atomic E-state index is 13.2. The third kappa shape index (κ3) is 3.29. The lowest BCUT2D eigenvalue weighted by atomic mass is 9.82. The molecule has 27 heavy (non-hydrogen) atoms. The Labute approximate surface area is 155 Å². The predicted molar refractivity (Wildman–Crippen MR) is 88.3 cm³/mol. The Bertz CT molecular complexity index is 666. The van der Waals surface area contributed by atoms with Gasteiger partial charge < -0.3 is 15.0 Å². The molecule has 3 fully saturated rings. The number of piperidine rings is 1. The first-order valence-corrected chi connectivity index (χ1v) is 9.09. The molecule has 3 aliphatic rings. The lowest BCUT2D eigenvalue weighted by Gasteiger charge is -2.42. The van der Waals surface area contributed by atoms with E-state index in [1.54, 1.807) is 20.8 Å². The van der Waals surface area contributed by atoms with Crippen molar-refractivity contribution in [2.45, 2.75) is 70.8 Å². The Hall–Kier alpha value is -1.80. The topological polar surface area (TPSA) is 75.7 Å². The van der Waals surface area contributed by atoms with Crippen LogP contribution in [0.3, 0.4) is 0 Å². The number of nitrogens with zero attached hydrogens (tertiary/aromatic N) is 1. The zero-order valence-corrected chi connectivity index (χ0v) is 15.9. The fraction of sp³-hybridized carbons (Fsp3) is 0.833. The van der Waals surface area contributed by atoms with Crippen molar-refractivity contribution in [1.82, 2.24) is 10.2 Å². The highest BCUT2D eigenvalue weighted by molar-refractivity contribution is 5.93. The van der Waals surface area contributed by atoms with Gasteiger partial charge in [0, 0.05) is 6.04 Å². The summed E-state index contributed by atoms with van der Waals surface area (Å²) in [5, 5.41) is 1.84. The van der Waals surface area contributed by atoms with Crippen molar-refractivity contribution >= 4 is 17.8 Å². The number of carbonyl (C=O) groups excluding carboxylic acids is 3. The SMILES string of the molecule is COC(=O)[C@@H]1[C@H]2C[C@H](CC23CC3)N1C(=O)[C@@H](NC(=O)C(F)(F)F)C(C)(C)C. The maximum absolute atomic E-state index is 13.2. The minimum absolute atomic E-state index is 0.0298. The van der Waals surface area contributed by atoms with Crippen molar-refractivity contribution < 1.29 is 32.3 Å². The zero-order chi connectivity index (χ0) is 20.4. The second kappa shape index (κ2) is 6.10. The van der Waals surface area contributed by atoms with Gasteiger partial charge in [-0.1, -0.05) is 20.8 Å². The molecule has 9 heteroatoms. The van der Waals surface area contributed by atoms with E-state index >= 15 is 0 Å². The number of nitrogens with one attached hydrogen (secondary N) is 1. The average molecular weight is 390 g/mol. The second-order valence-electron chi connectivity index (χ2n) is 9.05. The number of hydrogen-bond donors (Lipinski definition) is 1. The molecule has 6 nitrogen and oxygen atoms in total. The number of hydrogen-bond acceptors (Lipinski definition) is 4. The van der Waals surface area contributed by atoms with Crippen molar-refractivity contribution in [3.8, 4) is 0 Å². The van der Waals surface area contributed by atoms with Gasteiger partial charge in [0.15, 0.2) is 0 Å². The standard InChI is InChI=1S/C18H25F3N2O4/c1-16(2,3)12(22-15(26)18(19,20)21)13(24)23-9-7-10(11(23)14(25)27-4)17(8-9)5-6-17/h9-12H,5-8H2,1-4H3,(H,22,26)/t9-,10-,11+,12-/m1/s1. The van der Waals surface area contributed by atoms with Crippen molar-refractivity contribution in [2.75, 3.05) is 7.11 Å². The Morgan fingerprint density at radius 1 is 1.19 bits per heavy atom. The largest absolute Gasteiger partial charge is 0.471 e. The summed E-state index contributed by atoms with van der Waals surface area (Å²) in [4.78, 5) is 38.5. The van der Waals surface area contributed by atoms with Crippen LogP contribution in [-0.2, 0) is 19.1 Å². The first kappa shape index (κ1) is 19.9. The molecule has 3 rings (SSSR count). The number of fused-ring (bicyclic) bond motifs is 3. The molecule has 1 N–H and O–H groups in total. The molecule has 1 spiro atoms. The first-order valence-electron chi connectivity index (χ1n) is 9.09. The third-order valence-electron chi connectivity index (χ3n) is 6.26. The van der Waals surface area contributed by atoms with Gasteiger partial charge in [0.25, 0.3) is 0 Å². The Kier molecular flexibility index (Phi) is 4.51. The molecule has 152 valence electrons. The molecule has 0 aromatic carbocycles. The number of ether oxygens (including phenoxy) is 1. The van der Waals surface area contributed by atoms with E-state index in [0.29, 0.717) is 6.42 Å². The van der Waals surface area contributed by atoms with Gasteiger partial charge >= 0.3 is 18.1 Å². The molecular formula is C18H25F3N2O4. The average Bonchev–Trinajstić information content (AvgIpc) is 3.07. The van der Waals surface area contributed by atoms with Gasteiger partial charge in [-0.2, -0.15) is 13.2 Å². The smallest absolute Gasteiger partial charge is 0.467 e. The number of halogens is 3. The molecule has 2 bridgehead atoms. The number of rotatable bonds is 3. The van der Waals surface area contributed by atoms with E-state index in [-0.39, 0.29) is 17.4 Å². The number of amides is 2. The van der Waals surface area contributed by atoms with E-state index in [9.17, 15) is 27.6 Å². The number of alkyl halides is 3.